The first kappa shape index (κ1) is 41.0. The third-order valence-corrected chi connectivity index (χ3v) is 8.93. The molecule has 0 unspecified atom stereocenters. The van der Waals surface area contributed by atoms with Crippen LogP contribution in [0.5, 0.6) is 0 Å². The van der Waals surface area contributed by atoms with Crippen LogP contribution in [0, 0.1) is 0 Å². The lowest BCUT2D eigenvalue weighted by atomic mass is 10.0. The summed E-state index contributed by atoms with van der Waals surface area (Å²) in [6.45, 7) is 4.62. The molecule has 0 bridgehead atoms. The van der Waals surface area contributed by atoms with E-state index >= 15 is 0 Å². The summed E-state index contributed by atoms with van der Waals surface area (Å²) in [6.07, 6.45) is 60.5. The van der Waals surface area contributed by atoms with Gasteiger partial charge < -0.3 is 5.32 Å². The van der Waals surface area contributed by atoms with Crippen LogP contribution >= 0.6 is 0 Å². The number of allylic oxidation sites excluding steroid dienone is 4. The number of hydrogen-bond acceptors (Lipinski definition) is 1. The largest absolute Gasteiger partial charge is 0.368 e. The van der Waals surface area contributed by atoms with Crippen molar-refractivity contribution < 1.29 is 0 Å². The van der Waals surface area contributed by atoms with Crippen LogP contribution in [0.25, 0.3) is 0 Å². The van der Waals surface area contributed by atoms with Gasteiger partial charge in [0.1, 0.15) is 0 Å². The highest BCUT2D eigenvalue weighted by Crippen LogP contribution is 2.16. The van der Waals surface area contributed by atoms with E-state index in [1.54, 1.807) is 0 Å². The van der Waals surface area contributed by atoms with Crippen molar-refractivity contribution in [1.82, 2.24) is 5.32 Å². The molecular formula is C41H79N. The van der Waals surface area contributed by atoms with Crippen molar-refractivity contribution in [2.45, 2.75) is 226 Å². The van der Waals surface area contributed by atoms with E-state index in [0.717, 1.165) is 0 Å². The van der Waals surface area contributed by atoms with E-state index in [-0.39, 0.29) is 0 Å². The molecule has 1 N–H and O–H groups in total. The lowest BCUT2D eigenvalue weighted by Crippen LogP contribution is -1.87. The zero-order chi connectivity index (χ0) is 30.3. The van der Waals surface area contributed by atoms with Gasteiger partial charge in [-0.05, 0) is 12.2 Å². The summed E-state index contributed by atoms with van der Waals surface area (Å²) in [6, 6.07) is 0. The Morgan fingerprint density at radius 3 is 0.571 bits per heavy atom. The topological polar surface area (TPSA) is 12.0 Å². The Morgan fingerprint density at radius 2 is 0.405 bits per heavy atom. The number of hydrogen-bond donors (Lipinski definition) is 1. The Bertz CT molecular complexity index is 499. The standard InChI is InChI=1S/C35H72.C6H7N/c1-3-5-7-9-11-13-15-17-19-21-23-25-27-29-31-33-35-34-32-30-28-26-24-22-20-18-16-14-12-10-8-6-4-2;1-2-4-6-7-5-3-1/h3-35H2,1-2H3;1-7H. The maximum atomic E-state index is 2.92. The van der Waals surface area contributed by atoms with E-state index in [0.29, 0.717) is 0 Å². The minimum Gasteiger partial charge on any atom is -0.368 e. The van der Waals surface area contributed by atoms with Crippen molar-refractivity contribution in [2.75, 3.05) is 0 Å². The number of nitrogens with one attached hydrogen (secondary N) is 1. The van der Waals surface area contributed by atoms with Crippen molar-refractivity contribution in [3.05, 3.63) is 36.7 Å². The van der Waals surface area contributed by atoms with Gasteiger partial charge in [-0.15, -0.1) is 0 Å². The lowest BCUT2D eigenvalue weighted by molar-refractivity contribution is 0.512. The molecular weight excluding hydrogens is 506 g/mol. The fraction of sp³-hybridized carbons (Fsp3) is 0.854. The second-order valence-electron chi connectivity index (χ2n) is 13.2. The first-order valence-corrected chi connectivity index (χ1v) is 19.7. The Morgan fingerprint density at radius 1 is 0.238 bits per heavy atom. The normalized spacial score (nSPS) is 12.2. The Balaban J connectivity index is 0.00000207. The maximum Gasteiger partial charge on any atom is 0.000442 e. The summed E-state index contributed by atoms with van der Waals surface area (Å²) in [5.41, 5.74) is 0. The van der Waals surface area contributed by atoms with Crippen LogP contribution in [0.1, 0.15) is 226 Å². The molecule has 0 aromatic rings. The average Bonchev–Trinajstić information content (AvgIpc) is 3.34. The molecule has 0 atom stereocenters. The molecule has 1 heterocycles. The van der Waals surface area contributed by atoms with Gasteiger partial charge in [-0.3, -0.25) is 0 Å². The second kappa shape index (κ2) is 40.0. The minimum atomic E-state index is 1.37. The molecule has 0 aromatic carbocycles. The number of rotatable bonds is 32. The smallest absolute Gasteiger partial charge is 0.000442 e. The molecule has 0 radical (unpaired) electrons. The highest BCUT2D eigenvalue weighted by Gasteiger charge is 1.97. The SMILES string of the molecule is C1=CC=CNC=C1.CCCCCCCCCCCCCCCCCCCCCCCCCCCCCCCCCCC. The molecule has 0 aliphatic carbocycles. The van der Waals surface area contributed by atoms with Gasteiger partial charge in [0.05, 0.1) is 0 Å². The molecule has 42 heavy (non-hydrogen) atoms. The van der Waals surface area contributed by atoms with Gasteiger partial charge in [0.2, 0.25) is 0 Å². The van der Waals surface area contributed by atoms with Gasteiger partial charge in [-0.2, -0.15) is 0 Å². The summed E-state index contributed by atoms with van der Waals surface area (Å²) in [4.78, 5) is 0. The molecule has 0 saturated heterocycles. The first-order valence-electron chi connectivity index (χ1n) is 19.7. The molecule has 1 nitrogen and oxygen atoms in total. The van der Waals surface area contributed by atoms with Crippen molar-refractivity contribution in [2.24, 2.45) is 0 Å². The average molecular weight is 586 g/mol. The quantitative estimate of drug-likeness (QED) is 0.0774. The van der Waals surface area contributed by atoms with Crippen LogP contribution in [0.2, 0.25) is 0 Å². The van der Waals surface area contributed by atoms with E-state index in [1.165, 1.54) is 212 Å². The van der Waals surface area contributed by atoms with Crippen LogP contribution in [-0.2, 0) is 0 Å². The van der Waals surface area contributed by atoms with Crippen molar-refractivity contribution in [3.8, 4) is 0 Å². The molecule has 0 spiro atoms. The van der Waals surface area contributed by atoms with Gasteiger partial charge in [-0.25, -0.2) is 0 Å². The molecule has 0 fully saturated rings. The Hall–Kier alpha value is -0.980. The monoisotopic (exact) mass is 586 g/mol. The van der Waals surface area contributed by atoms with Gasteiger partial charge in [-0.1, -0.05) is 238 Å². The predicted octanol–water partition coefficient (Wildman–Crippen LogP) is 15.1. The van der Waals surface area contributed by atoms with E-state index in [2.05, 4.69) is 19.2 Å². The predicted molar refractivity (Wildman–Crippen MR) is 194 cm³/mol. The highest BCUT2D eigenvalue weighted by molar-refractivity contribution is 5.14. The number of unbranched alkanes of at least 4 members (excludes halogenated alkanes) is 32. The maximum absolute atomic E-state index is 2.92. The zero-order valence-corrected chi connectivity index (χ0v) is 29.3. The molecule has 0 saturated carbocycles. The third-order valence-electron chi connectivity index (χ3n) is 8.93. The van der Waals surface area contributed by atoms with Gasteiger partial charge in [0, 0.05) is 12.4 Å². The van der Waals surface area contributed by atoms with E-state index < -0.39 is 0 Å². The van der Waals surface area contributed by atoms with Crippen LogP contribution in [0.15, 0.2) is 36.7 Å². The molecule has 0 amide bonds. The summed E-state index contributed by atoms with van der Waals surface area (Å²) < 4.78 is 0. The zero-order valence-electron chi connectivity index (χ0n) is 29.3. The second-order valence-corrected chi connectivity index (χ2v) is 13.2. The molecule has 1 rings (SSSR count). The third kappa shape index (κ3) is 39.0. The highest BCUT2D eigenvalue weighted by atomic mass is 14.8. The summed E-state index contributed by atoms with van der Waals surface area (Å²) >= 11 is 0. The fourth-order valence-corrected chi connectivity index (χ4v) is 6.03. The molecule has 1 aliphatic heterocycles. The van der Waals surface area contributed by atoms with Crippen molar-refractivity contribution in [1.29, 1.82) is 0 Å². The molecule has 1 aliphatic rings. The van der Waals surface area contributed by atoms with E-state index in [4.69, 9.17) is 0 Å². The minimum absolute atomic E-state index is 1.37. The molecule has 0 aromatic heterocycles. The molecule has 1 heteroatoms. The van der Waals surface area contributed by atoms with Crippen molar-refractivity contribution in [3.63, 3.8) is 0 Å². The van der Waals surface area contributed by atoms with Crippen LogP contribution in [-0.4, -0.2) is 0 Å². The van der Waals surface area contributed by atoms with Gasteiger partial charge >= 0.3 is 0 Å². The van der Waals surface area contributed by atoms with Crippen LogP contribution in [0.3, 0.4) is 0 Å². The molecule has 248 valence electrons. The Kier molecular flexibility index (Phi) is 39.1. The van der Waals surface area contributed by atoms with Gasteiger partial charge in [0.15, 0.2) is 0 Å². The Labute approximate surface area is 267 Å². The summed E-state index contributed by atoms with van der Waals surface area (Å²) in [5.74, 6) is 0. The van der Waals surface area contributed by atoms with Crippen LogP contribution < -0.4 is 5.32 Å². The van der Waals surface area contributed by atoms with Gasteiger partial charge in [0.25, 0.3) is 0 Å². The summed E-state index contributed by atoms with van der Waals surface area (Å²) in [5, 5.41) is 2.92. The summed E-state index contributed by atoms with van der Waals surface area (Å²) in [7, 11) is 0. The van der Waals surface area contributed by atoms with E-state index in [9.17, 15) is 0 Å². The van der Waals surface area contributed by atoms with Crippen molar-refractivity contribution >= 4 is 0 Å². The van der Waals surface area contributed by atoms with Crippen LogP contribution in [0.4, 0.5) is 0 Å². The fourth-order valence-electron chi connectivity index (χ4n) is 6.03. The lowest BCUT2D eigenvalue weighted by Gasteiger charge is -2.04. The first-order chi connectivity index (χ1) is 20.9. The van der Waals surface area contributed by atoms with E-state index in [1.807, 2.05) is 36.7 Å².